The fourth-order valence-electron chi connectivity index (χ4n) is 9.06. The zero-order valence-electron chi connectivity index (χ0n) is 23.7. The van der Waals surface area contributed by atoms with Crippen molar-refractivity contribution < 1.29 is 29.0 Å². The molecule has 0 bridgehead atoms. The van der Waals surface area contributed by atoms with Crippen LogP contribution in [-0.2, 0) is 30.5 Å². The van der Waals surface area contributed by atoms with Gasteiger partial charge in [0.2, 0.25) is 0 Å². The highest BCUT2D eigenvalue weighted by Crippen LogP contribution is 2.67. The molecule has 4 aliphatic carbocycles. The van der Waals surface area contributed by atoms with E-state index >= 15 is 0 Å². The molecule has 6 nitrogen and oxygen atoms in total. The Labute approximate surface area is 231 Å². The van der Waals surface area contributed by atoms with E-state index in [0.29, 0.717) is 23.3 Å². The van der Waals surface area contributed by atoms with Crippen LogP contribution in [0.25, 0.3) is 0 Å². The Morgan fingerprint density at radius 2 is 1.72 bits per heavy atom. The number of carboxylic acids is 1. The number of carbonyl (C=O) groups is 3. The molecule has 0 saturated heterocycles. The van der Waals surface area contributed by atoms with E-state index in [0.717, 1.165) is 56.9 Å². The molecule has 6 heteroatoms. The smallest absolute Gasteiger partial charge is 0.345 e. The second-order valence-electron chi connectivity index (χ2n) is 12.8. The number of benzene rings is 1. The van der Waals surface area contributed by atoms with Crippen LogP contribution in [0.15, 0.2) is 53.1 Å². The van der Waals surface area contributed by atoms with Crippen molar-refractivity contribution in [2.45, 2.75) is 91.8 Å². The summed E-state index contributed by atoms with van der Waals surface area (Å²) in [4.78, 5) is 36.9. The van der Waals surface area contributed by atoms with Crippen molar-refractivity contribution in [2.75, 3.05) is 0 Å². The van der Waals surface area contributed by atoms with Crippen LogP contribution in [0.2, 0.25) is 0 Å². The first kappa shape index (κ1) is 27.7. The molecule has 0 aromatic heterocycles. The summed E-state index contributed by atoms with van der Waals surface area (Å²) in [7, 11) is 0. The van der Waals surface area contributed by atoms with Gasteiger partial charge in [-0.2, -0.15) is 0 Å². The van der Waals surface area contributed by atoms with Crippen LogP contribution in [0, 0.1) is 34.5 Å². The molecule has 210 valence electrons. The number of hydrogen-bond donors (Lipinski definition) is 1. The average molecular weight is 535 g/mol. The van der Waals surface area contributed by atoms with E-state index < -0.39 is 11.9 Å². The van der Waals surface area contributed by atoms with Crippen LogP contribution in [-0.4, -0.2) is 29.1 Å². The van der Waals surface area contributed by atoms with Crippen molar-refractivity contribution in [3.63, 3.8) is 0 Å². The minimum absolute atomic E-state index is 0.00744. The van der Waals surface area contributed by atoms with Gasteiger partial charge in [0.1, 0.15) is 18.3 Å². The van der Waals surface area contributed by atoms with Gasteiger partial charge in [-0.25, -0.2) is 9.59 Å². The molecule has 0 aliphatic heterocycles. The van der Waals surface area contributed by atoms with Gasteiger partial charge < -0.3 is 14.6 Å². The molecular weight excluding hydrogens is 492 g/mol. The minimum atomic E-state index is -1.20. The maximum absolute atomic E-state index is 13.0. The molecule has 0 amide bonds. The molecule has 0 spiro atoms. The monoisotopic (exact) mass is 534 g/mol. The average Bonchev–Trinajstić information content (AvgIpc) is 3.25. The lowest BCUT2D eigenvalue weighted by Crippen LogP contribution is -2.50. The predicted molar refractivity (Wildman–Crippen MR) is 147 cm³/mol. The van der Waals surface area contributed by atoms with Gasteiger partial charge in [0, 0.05) is 13.3 Å². The number of esters is 2. The normalized spacial score (nSPS) is 35.9. The molecular formula is C33H42O6. The Morgan fingerprint density at radius 1 is 0.974 bits per heavy atom. The number of allylic oxidation sites excluding steroid dienone is 2. The first-order valence-corrected chi connectivity index (χ1v) is 14.6. The van der Waals surface area contributed by atoms with E-state index in [4.69, 9.17) is 9.47 Å². The van der Waals surface area contributed by atoms with Gasteiger partial charge in [-0.05, 0) is 97.5 Å². The highest BCUT2D eigenvalue weighted by Gasteiger charge is 2.59. The Hall–Kier alpha value is -2.89. The third-order valence-corrected chi connectivity index (χ3v) is 10.9. The van der Waals surface area contributed by atoms with E-state index in [2.05, 4.69) is 19.9 Å². The lowest BCUT2D eigenvalue weighted by Gasteiger charge is -2.58. The maximum atomic E-state index is 13.0. The van der Waals surface area contributed by atoms with E-state index in [1.54, 1.807) is 0 Å². The first-order valence-electron chi connectivity index (χ1n) is 14.6. The Bertz CT molecular complexity index is 1200. The summed E-state index contributed by atoms with van der Waals surface area (Å²) in [5.41, 5.74) is 2.87. The number of carbonyl (C=O) groups excluding carboxylic acids is 2. The summed E-state index contributed by atoms with van der Waals surface area (Å²) in [5, 5.41) is 10.1. The lowest BCUT2D eigenvalue weighted by molar-refractivity contribution is -0.149. The highest BCUT2D eigenvalue weighted by atomic mass is 16.5. The molecule has 5 rings (SSSR count). The highest BCUT2D eigenvalue weighted by molar-refractivity contribution is 6.14. The summed E-state index contributed by atoms with van der Waals surface area (Å²) in [6.45, 7) is 8.15. The Balaban J connectivity index is 1.36. The molecule has 3 saturated carbocycles. The molecule has 3 fully saturated rings. The quantitative estimate of drug-likeness (QED) is 0.145. The van der Waals surface area contributed by atoms with Crippen molar-refractivity contribution in [2.24, 2.45) is 34.5 Å². The van der Waals surface area contributed by atoms with Crippen LogP contribution in [0.1, 0.15) is 84.6 Å². The molecule has 39 heavy (non-hydrogen) atoms. The molecule has 0 heterocycles. The molecule has 0 unspecified atom stereocenters. The maximum Gasteiger partial charge on any atom is 0.345 e. The largest absolute Gasteiger partial charge is 0.477 e. The van der Waals surface area contributed by atoms with Crippen LogP contribution >= 0.6 is 0 Å². The number of ether oxygens (including phenoxy) is 2. The number of aliphatic carboxylic acids is 1. The fourth-order valence-corrected chi connectivity index (χ4v) is 9.06. The van der Waals surface area contributed by atoms with Crippen molar-refractivity contribution in [3.05, 3.63) is 58.7 Å². The standard InChI is InChI=1S/C33H42O6/c1-20(29(30(35)36)31(37)38-19-22-8-6-5-7-9-22)26-12-13-27-25-11-10-23-18-24(39-21(2)34)14-16-32(23,3)28(25)15-17-33(26,27)4/h5-10,24-28H,11-19H2,1-4H3,(H,35,36)/t24-,25-,26+,27-,28-,32-,33+/m0/s1. The summed E-state index contributed by atoms with van der Waals surface area (Å²) in [6.07, 6.45) is 10.4. The van der Waals surface area contributed by atoms with Crippen molar-refractivity contribution in [3.8, 4) is 0 Å². The van der Waals surface area contributed by atoms with Crippen molar-refractivity contribution >= 4 is 17.9 Å². The molecule has 7 atom stereocenters. The number of carboxylic acid groups (broad SMARTS) is 1. The lowest BCUT2D eigenvalue weighted by atomic mass is 9.47. The zero-order valence-corrected chi connectivity index (χ0v) is 23.7. The molecule has 1 aromatic carbocycles. The van der Waals surface area contributed by atoms with Gasteiger partial charge in [-0.1, -0.05) is 55.8 Å². The second-order valence-corrected chi connectivity index (χ2v) is 12.8. The topological polar surface area (TPSA) is 89.9 Å². The summed E-state index contributed by atoms with van der Waals surface area (Å²) in [6, 6.07) is 9.35. The van der Waals surface area contributed by atoms with E-state index in [-0.39, 0.29) is 41.0 Å². The molecule has 1 aromatic rings. The number of fused-ring (bicyclic) bond motifs is 5. The summed E-state index contributed by atoms with van der Waals surface area (Å²) >= 11 is 0. The van der Waals surface area contributed by atoms with Crippen LogP contribution in [0.5, 0.6) is 0 Å². The van der Waals surface area contributed by atoms with Crippen LogP contribution in [0.4, 0.5) is 0 Å². The number of hydrogen-bond acceptors (Lipinski definition) is 5. The molecule has 4 aliphatic rings. The first-order chi connectivity index (χ1) is 18.5. The molecule has 1 N–H and O–H groups in total. The van der Waals surface area contributed by atoms with Gasteiger partial charge in [-0.3, -0.25) is 4.79 Å². The zero-order chi connectivity index (χ0) is 27.9. The van der Waals surface area contributed by atoms with E-state index in [1.165, 1.54) is 12.5 Å². The molecule has 0 radical (unpaired) electrons. The number of rotatable bonds is 6. The van der Waals surface area contributed by atoms with Gasteiger partial charge in [0.25, 0.3) is 0 Å². The van der Waals surface area contributed by atoms with Crippen molar-refractivity contribution in [1.82, 2.24) is 0 Å². The van der Waals surface area contributed by atoms with Crippen LogP contribution < -0.4 is 0 Å². The third kappa shape index (κ3) is 4.96. The van der Waals surface area contributed by atoms with Gasteiger partial charge in [0.05, 0.1) is 0 Å². The van der Waals surface area contributed by atoms with Crippen molar-refractivity contribution in [1.29, 1.82) is 0 Å². The van der Waals surface area contributed by atoms with E-state index in [9.17, 15) is 19.5 Å². The van der Waals surface area contributed by atoms with Crippen LogP contribution in [0.3, 0.4) is 0 Å². The minimum Gasteiger partial charge on any atom is -0.477 e. The summed E-state index contributed by atoms with van der Waals surface area (Å²) < 4.78 is 11.1. The Kier molecular flexibility index (Phi) is 7.51. The van der Waals surface area contributed by atoms with Gasteiger partial charge in [-0.15, -0.1) is 0 Å². The Morgan fingerprint density at radius 3 is 2.41 bits per heavy atom. The fraction of sp³-hybridized carbons (Fsp3) is 0.606. The van der Waals surface area contributed by atoms with Gasteiger partial charge in [0.15, 0.2) is 0 Å². The SMILES string of the molecule is CC(=O)O[C@H]1CC[C@@]2(C)C(=CC[C@H]3[C@@H]4CC[C@H](C(C)=C(C(=O)O)C(=O)OCc5ccccc5)[C@@]4(C)CC[C@@H]32)C1. The second kappa shape index (κ2) is 10.6. The summed E-state index contributed by atoms with van der Waals surface area (Å²) in [5.74, 6) is -0.452. The van der Waals surface area contributed by atoms with Gasteiger partial charge >= 0.3 is 17.9 Å². The van der Waals surface area contributed by atoms with E-state index in [1.807, 2.05) is 37.3 Å². The third-order valence-electron chi connectivity index (χ3n) is 10.9. The predicted octanol–water partition coefficient (Wildman–Crippen LogP) is 6.64.